The summed E-state index contributed by atoms with van der Waals surface area (Å²) in [5.74, 6) is 0.889. The van der Waals surface area contributed by atoms with Crippen molar-refractivity contribution in [1.82, 2.24) is 29.4 Å². The zero-order valence-electron chi connectivity index (χ0n) is 20.0. The molecule has 1 aromatic carbocycles. The minimum atomic E-state index is -2.63. The number of likely N-dealkylation sites (N-methyl/N-ethyl adjacent to an activating group) is 1. The van der Waals surface area contributed by atoms with Crippen LogP contribution in [0.5, 0.6) is 0 Å². The van der Waals surface area contributed by atoms with Crippen LogP contribution in [0.15, 0.2) is 36.9 Å². The summed E-state index contributed by atoms with van der Waals surface area (Å²) in [4.78, 5) is 20.0. The summed E-state index contributed by atoms with van der Waals surface area (Å²) in [6.45, 7) is 5.30. The molecule has 3 aromatic heterocycles. The minimum absolute atomic E-state index is 0.281. The average molecular weight is 492 g/mol. The first-order chi connectivity index (χ1) is 16.8. The summed E-state index contributed by atoms with van der Waals surface area (Å²) in [5.41, 5.74) is 5.97. The first-order valence-electron chi connectivity index (χ1n) is 11.8. The van der Waals surface area contributed by atoms with Crippen LogP contribution in [0.3, 0.4) is 0 Å². The summed E-state index contributed by atoms with van der Waals surface area (Å²) in [7, 11) is -0.454. The second kappa shape index (κ2) is 8.21. The molecule has 0 fully saturated rings. The smallest absolute Gasteiger partial charge is 0.229 e. The number of hydrogen-bond acceptors (Lipinski definition) is 7. The van der Waals surface area contributed by atoms with Gasteiger partial charge in [0.2, 0.25) is 5.95 Å². The number of aryl methyl sites for hydroxylation is 1. The molecule has 0 amide bonds. The lowest BCUT2D eigenvalue weighted by Gasteiger charge is -2.37. The van der Waals surface area contributed by atoms with Gasteiger partial charge in [0, 0.05) is 31.2 Å². The molecule has 1 aliphatic heterocycles. The molecule has 0 spiro atoms. The van der Waals surface area contributed by atoms with E-state index in [-0.39, 0.29) is 5.39 Å². The molecule has 180 valence electrons. The van der Waals surface area contributed by atoms with Crippen molar-refractivity contribution in [2.75, 3.05) is 32.2 Å². The van der Waals surface area contributed by atoms with E-state index in [1.54, 1.807) is 13.3 Å². The van der Waals surface area contributed by atoms with E-state index in [9.17, 15) is 8.96 Å². The topological polar surface area (TPSA) is 88.8 Å². The van der Waals surface area contributed by atoms with Crippen molar-refractivity contribution in [2.45, 2.75) is 31.7 Å². The Morgan fingerprint density at radius 1 is 1.14 bits per heavy atom. The van der Waals surface area contributed by atoms with Gasteiger partial charge in [-0.3, -0.25) is 9.55 Å². The molecule has 0 radical (unpaired) electrons. The van der Waals surface area contributed by atoms with E-state index in [1.807, 2.05) is 0 Å². The van der Waals surface area contributed by atoms with E-state index in [0.29, 0.717) is 28.8 Å². The van der Waals surface area contributed by atoms with Crippen LogP contribution in [0.1, 0.15) is 35.4 Å². The van der Waals surface area contributed by atoms with Gasteiger partial charge in [-0.2, -0.15) is 4.98 Å². The third-order valence-corrected chi connectivity index (χ3v) is 8.21. The van der Waals surface area contributed by atoms with Crippen molar-refractivity contribution in [2.24, 2.45) is 0 Å². The zero-order valence-corrected chi connectivity index (χ0v) is 20.9. The lowest BCUT2D eigenvalue weighted by molar-refractivity contribution is 0.266. The highest BCUT2D eigenvalue weighted by Gasteiger charge is 2.29. The summed E-state index contributed by atoms with van der Waals surface area (Å²) in [5, 5.41) is 3.62. The molecule has 0 saturated carbocycles. The Kier molecular flexibility index (Phi) is 5.23. The maximum absolute atomic E-state index is 14.7. The lowest BCUT2D eigenvalue weighted by atomic mass is 9.77. The summed E-state index contributed by atoms with van der Waals surface area (Å²) < 4.78 is 28.8. The molecule has 1 N–H and O–H groups in total. The van der Waals surface area contributed by atoms with Gasteiger partial charge in [0.25, 0.3) is 0 Å². The molecule has 6 rings (SSSR count). The first-order valence-corrected chi connectivity index (χ1v) is 14.4. The maximum Gasteiger partial charge on any atom is 0.229 e. The second-order valence-electron chi connectivity index (χ2n) is 9.98. The van der Waals surface area contributed by atoms with Crippen LogP contribution in [0, 0.1) is 5.82 Å². The van der Waals surface area contributed by atoms with Crippen LogP contribution in [0.25, 0.3) is 16.9 Å². The Bertz CT molecular complexity index is 1510. The van der Waals surface area contributed by atoms with E-state index in [2.05, 4.69) is 49.3 Å². The monoisotopic (exact) mass is 491 g/mol. The average Bonchev–Trinajstić information content (AvgIpc) is 3.14. The van der Waals surface area contributed by atoms with Gasteiger partial charge in [-0.1, -0.05) is 0 Å². The van der Waals surface area contributed by atoms with Crippen LogP contribution in [-0.4, -0.2) is 56.3 Å². The molecule has 8 nitrogen and oxygen atoms in total. The molecule has 10 heteroatoms. The third kappa shape index (κ3) is 4.02. The quantitative estimate of drug-likeness (QED) is 0.428. The van der Waals surface area contributed by atoms with E-state index < -0.39 is 13.0 Å². The second-order valence-corrected chi connectivity index (χ2v) is 13.1. The fourth-order valence-electron chi connectivity index (χ4n) is 5.36. The molecule has 0 bridgehead atoms. The van der Waals surface area contributed by atoms with Gasteiger partial charge in [-0.05, 0) is 74.4 Å². The third-order valence-electron chi connectivity index (χ3n) is 6.89. The standard InChI is InChI=1S/C25H27FN7OP/c1-32-12-16-6-4-5-15-7-18(8-17(13-32)23(15)16)29-25-28-9-19-20(26)14-33(24(19)31-25)21-10-27-11-22(30-21)35(2,3)34/h7-11,14,16H,4-6,12-13H2,1-3H3,(H,28,29,31). The highest BCUT2D eigenvalue weighted by molar-refractivity contribution is 7.69. The fourth-order valence-corrected chi connectivity index (χ4v) is 6.05. The van der Waals surface area contributed by atoms with Crippen LogP contribution in [0.4, 0.5) is 16.0 Å². The van der Waals surface area contributed by atoms with E-state index >= 15 is 0 Å². The molecule has 4 heterocycles. The Balaban J connectivity index is 1.39. The Morgan fingerprint density at radius 2 is 1.97 bits per heavy atom. The number of anilines is 2. The number of benzene rings is 1. The van der Waals surface area contributed by atoms with Crippen LogP contribution in [-0.2, 0) is 17.5 Å². The molecular weight excluding hydrogens is 464 g/mol. The van der Waals surface area contributed by atoms with Crippen molar-refractivity contribution < 1.29 is 8.96 Å². The Labute approximate surface area is 203 Å². The number of fused-ring (bicyclic) bond motifs is 1. The van der Waals surface area contributed by atoms with Crippen LogP contribution in [0.2, 0.25) is 0 Å². The number of aromatic nitrogens is 5. The van der Waals surface area contributed by atoms with Crippen molar-refractivity contribution in [3.8, 4) is 5.82 Å². The predicted octanol–water partition coefficient (Wildman–Crippen LogP) is 4.21. The highest BCUT2D eigenvalue weighted by Crippen LogP contribution is 2.40. The van der Waals surface area contributed by atoms with Crippen LogP contribution >= 0.6 is 7.14 Å². The zero-order chi connectivity index (χ0) is 24.3. The Morgan fingerprint density at radius 3 is 2.80 bits per heavy atom. The SMILES string of the molecule is CN1Cc2cc(Nc3ncc4c(F)cn(-c5cncc(P(C)(C)=O)n5)c4n3)cc3c2C(CCC3)C1. The van der Waals surface area contributed by atoms with Crippen molar-refractivity contribution >= 4 is 35.2 Å². The molecule has 1 atom stereocenters. The van der Waals surface area contributed by atoms with Crippen molar-refractivity contribution in [1.29, 1.82) is 0 Å². The molecule has 1 aliphatic carbocycles. The van der Waals surface area contributed by atoms with Gasteiger partial charge in [0.1, 0.15) is 12.6 Å². The molecule has 2 aliphatic rings. The predicted molar refractivity (Wildman–Crippen MR) is 135 cm³/mol. The van der Waals surface area contributed by atoms with Gasteiger partial charge in [-0.25, -0.2) is 14.4 Å². The lowest BCUT2D eigenvalue weighted by Crippen LogP contribution is -2.33. The Hall–Kier alpha value is -3.16. The minimum Gasteiger partial charge on any atom is -0.324 e. The summed E-state index contributed by atoms with van der Waals surface area (Å²) in [6, 6.07) is 4.40. The van der Waals surface area contributed by atoms with E-state index in [0.717, 1.165) is 25.2 Å². The van der Waals surface area contributed by atoms with Crippen LogP contribution < -0.4 is 10.8 Å². The van der Waals surface area contributed by atoms with Gasteiger partial charge in [-0.15, -0.1) is 0 Å². The van der Waals surface area contributed by atoms with E-state index in [1.165, 1.54) is 58.9 Å². The number of hydrogen-bond donors (Lipinski definition) is 1. The molecule has 4 aromatic rings. The fraction of sp³-hybridized carbons (Fsp3) is 0.360. The van der Waals surface area contributed by atoms with Crippen molar-refractivity contribution in [3.05, 3.63) is 59.4 Å². The van der Waals surface area contributed by atoms with Gasteiger partial charge in [0.15, 0.2) is 17.3 Å². The number of rotatable bonds is 4. The maximum atomic E-state index is 14.7. The summed E-state index contributed by atoms with van der Waals surface area (Å²) >= 11 is 0. The summed E-state index contributed by atoms with van der Waals surface area (Å²) in [6.07, 6.45) is 9.31. The molecular formula is C25H27FN7OP. The molecule has 1 unspecified atom stereocenters. The first kappa shape index (κ1) is 22.3. The van der Waals surface area contributed by atoms with Gasteiger partial charge >= 0.3 is 0 Å². The number of nitrogens with zero attached hydrogens (tertiary/aromatic N) is 6. The largest absolute Gasteiger partial charge is 0.324 e. The molecule has 0 saturated heterocycles. The van der Waals surface area contributed by atoms with E-state index in [4.69, 9.17) is 0 Å². The van der Waals surface area contributed by atoms with Gasteiger partial charge in [0.05, 0.1) is 17.8 Å². The van der Waals surface area contributed by atoms with Crippen molar-refractivity contribution in [3.63, 3.8) is 0 Å². The number of halogens is 1. The van der Waals surface area contributed by atoms with Gasteiger partial charge < -0.3 is 14.8 Å². The molecule has 35 heavy (non-hydrogen) atoms. The highest BCUT2D eigenvalue weighted by atomic mass is 31.2. The number of nitrogens with one attached hydrogen (secondary N) is 1. The normalized spacial score (nSPS) is 18.0.